The van der Waals surface area contributed by atoms with E-state index in [4.69, 9.17) is 23.2 Å². The molecule has 0 saturated carbocycles. The van der Waals surface area contributed by atoms with Crippen molar-refractivity contribution >= 4 is 23.2 Å². The first-order chi connectivity index (χ1) is 7.19. The van der Waals surface area contributed by atoms with Gasteiger partial charge in [-0.25, -0.2) is 0 Å². The van der Waals surface area contributed by atoms with E-state index in [1.54, 1.807) is 6.07 Å². The predicted octanol–water partition coefficient (Wildman–Crippen LogP) is 3.67. The Hall–Kier alpha value is -0.680. The van der Waals surface area contributed by atoms with Crippen LogP contribution in [-0.2, 0) is 0 Å². The molecule has 0 amide bonds. The molecule has 1 unspecified atom stereocenters. The summed E-state index contributed by atoms with van der Waals surface area (Å²) in [6.45, 7) is 1.83. The zero-order chi connectivity index (χ0) is 11.3. The van der Waals surface area contributed by atoms with Crippen LogP contribution in [0, 0.1) is 11.8 Å². The first kappa shape index (κ1) is 12.4. The van der Waals surface area contributed by atoms with Crippen LogP contribution in [0.25, 0.3) is 0 Å². The van der Waals surface area contributed by atoms with Gasteiger partial charge in [-0.3, -0.25) is 0 Å². The molecule has 0 fully saturated rings. The number of rotatable bonds is 3. The van der Waals surface area contributed by atoms with Gasteiger partial charge in [0.25, 0.3) is 0 Å². The third-order valence-electron chi connectivity index (χ3n) is 2.17. The van der Waals surface area contributed by atoms with Gasteiger partial charge in [-0.1, -0.05) is 29.3 Å². The van der Waals surface area contributed by atoms with E-state index in [2.05, 4.69) is 17.2 Å². The highest BCUT2D eigenvalue weighted by Gasteiger charge is 2.11. The van der Waals surface area contributed by atoms with E-state index in [0.29, 0.717) is 10.0 Å². The lowest BCUT2D eigenvalue weighted by Gasteiger charge is -2.15. The van der Waals surface area contributed by atoms with Crippen LogP contribution in [0.2, 0.25) is 10.0 Å². The molecule has 1 nitrogen and oxygen atoms in total. The molecule has 15 heavy (non-hydrogen) atoms. The Kier molecular flexibility index (Phi) is 4.98. The van der Waals surface area contributed by atoms with Crippen LogP contribution in [0.1, 0.15) is 24.9 Å². The maximum Gasteiger partial charge on any atom is 0.0468 e. The van der Waals surface area contributed by atoms with E-state index in [1.165, 1.54) is 0 Å². The molecule has 0 spiro atoms. The summed E-state index contributed by atoms with van der Waals surface area (Å²) in [4.78, 5) is 0. The van der Waals surface area contributed by atoms with Crippen LogP contribution in [0.3, 0.4) is 0 Å². The first-order valence-corrected chi connectivity index (χ1v) is 5.46. The van der Waals surface area contributed by atoms with Crippen molar-refractivity contribution in [2.75, 3.05) is 7.05 Å². The van der Waals surface area contributed by atoms with Gasteiger partial charge < -0.3 is 5.32 Å². The molecule has 0 aliphatic heterocycles. The minimum absolute atomic E-state index is 0.155. The van der Waals surface area contributed by atoms with E-state index in [-0.39, 0.29) is 6.04 Å². The first-order valence-electron chi connectivity index (χ1n) is 4.71. The van der Waals surface area contributed by atoms with Crippen molar-refractivity contribution in [3.05, 3.63) is 33.8 Å². The Morgan fingerprint density at radius 1 is 1.40 bits per heavy atom. The van der Waals surface area contributed by atoms with Crippen molar-refractivity contribution in [1.29, 1.82) is 0 Å². The van der Waals surface area contributed by atoms with E-state index in [9.17, 15) is 0 Å². The van der Waals surface area contributed by atoms with Gasteiger partial charge in [0.15, 0.2) is 0 Å². The molecule has 0 aliphatic rings. The van der Waals surface area contributed by atoms with Crippen molar-refractivity contribution < 1.29 is 0 Å². The smallest absolute Gasteiger partial charge is 0.0468 e. The number of nitrogens with one attached hydrogen (secondary N) is 1. The normalized spacial score (nSPS) is 11.7. The number of benzene rings is 1. The Morgan fingerprint density at radius 2 is 2.13 bits per heavy atom. The maximum atomic E-state index is 6.11. The van der Waals surface area contributed by atoms with Crippen molar-refractivity contribution in [1.82, 2.24) is 5.32 Å². The summed E-state index contributed by atoms with van der Waals surface area (Å²) in [6, 6.07) is 5.68. The molecule has 1 rings (SSSR count). The Balaban J connectivity index is 2.94. The van der Waals surface area contributed by atoms with E-state index in [1.807, 2.05) is 26.1 Å². The molecular weight excluding hydrogens is 229 g/mol. The lowest BCUT2D eigenvalue weighted by atomic mass is 10.0. The van der Waals surface area contributed by atoms with Crippen LogP contribution in [0.4, 0.5) is 0 Å². The van der Waals surface area contributed by atoms with Gasteiger partial charge in [-0.05, 0) is 31.7 Å². The number of hydrogen-bond donors (Lipinski definition) is 1. The van der Waals surface area contributed by atoms with Gasteiger partial charge >= 0.3 is 0 Å². The molecule has 1 N–H and O–H groups in total. The molecule has 0 heterocycles. The molecule has 1 aromatic rings. The Bertz CT molecular complexity index is 390. The molecule has 3 heteroatoms. The monoisotopic (exact) mass is 241 g/mol. The highest BCUT2D eigenvalue weighted by Crippen LogP contribution is 2.27. The topological polar surface area (TPSA) is 12.0 Å². The number of halogens is 2. The highest BCUT2D eigenvalue weighted by atomic mass is 35.5. The van der Waals surface area contributed by atoms with E-state index < -0.39 is 0 Å². The molecule has 0 radical (unpaired) electrons. The van der Waals surface area contributed by atoms with E-state index >= 15 is 0 Å². The maximum absolute atomic E-state index is 6.11. The van der Waals surface area contributed by atoms with Gasteiger partial charge in [0.05, 0.1) is 0 Å². The zero-order valence-corrected chi connectivity index (χ0v) is 10.3. The summed E-state index contributed by atoms with van der Waals surface area (Å²) in [5.41, 5.74) is 1.03. The fraction of sp³-hybridized carbons (Fsp3) is 0.333. The lowest BCUT2D eigenvalue weighted by molar-refractivity contribution is 0.611. The second-order valence-electron chi connectivity index (χ2n) is 3.14. The fourth-order valence-electron chi connectivity index (χ4n) is 1.36. The van der Waals surface area contributed by atoms with Gasteiger partial charge in [-0.2, -0.15) is 0 Å². The summed E-state index contributed by atoms with van der Waals surface area (Å²) in [6.07, 6.45) is 0.744. The molecule has 0 bridgehead atoms. The third-order valence-corrected chi connectivity index (χ3v) is 2.73. The summed E-state index contributed by atoms with van der Waals surface area (Å²) in [5.74, 6) is 5.91. The highest BCUT2D eigenvalue weighted by molar-refractivity contribution is 6.35. The van der Waals surface area contributed by atoms with Crippen LogP contribution in [0.15, 0.2) is 18.2 Å². The summed E-state index contributed by atoms with van der Waals surface area (Å²) in [5, 5.41) is 4.52. The quantitative estimate of drug-likeness (QED) is 0.797. The predicted molar refractivity (Wildman–Crippen MR) is 66.3 cm³/mol. The minimum Gasteiger partial charge on any atom is -0.312 e. The SMILES string of the molecule is CC#CCC(NC)c1ccc(Cl)cc1Cl. The van der Waals surface area contributed by atoms with Crippen molar-refractivity contribution in [2.45, 2.75) is 19.4 Å². The van der Waals surface area contributed by atoms with Crippen LogP contribution in [-0.4, -0.2) is 7.05 Å². The zero-order valence-electron chi connectivity index (χ0n) is 8.77. The summed E-state index contributed by atoms with van der Waals surface area (Å²) >= 11 is 11.9. The fourth-order valence-corrected chi connectivity index (χ4v) is 1.90. The summed E-state index contributed by atoms with van der Waals surface area (Å²) in [7, 11) is 1.90. The average Bonchev–Trinajstić information content (AvgIpc) is 2.21. The van der Waals surface area contributed by atoms with Gasteiger partial charge in [0.2, 0.25) is 0 Å². The van der Waals surface area contributed by atoms with Crippen LogP contribution in [0.5, 0.6) is 0 Å². The van der Waals surface area contributed by atoms with Gasteiger partial charge in [-0.15, -0.1) is 11.8 Å². The molecule has 80 valence electrons. The van der Waals surface area contributed by atoms with Crippen LogP contribution >= 0.6 is 23.2 Å². The molecule has 0 aromatic heterocycles. The molecule has 1 aromatic carbocycles. The Morgan fingerprint density at radius 3 is 2.67 bits per heavy atom. The molecular formula is C12H13Cl2N. The largest absolute Gasteiger partial charge is 0.312 e. The lowest BCUT2D eigenvalue weighted by Crippen LogP contribution is -2.16. The Labute approximate surface area is 101 Å². The average molecular weight is 242 g/mol. The standard InChI is InChI=1S/C12H13Cl2N/c1-3-4-5-12(15-2)10-7-6-9(13)8-11(10)14/h6-8,12,15H,5H2,1-2H3. The van der Waals surface area contributed by atoms with Crippen molar-refractivity contribution in [3.8, 4) is 11.8 Å². The molecule has 0 aliphatic carbocycles. The second kappa shape index (κ2) is 6.02. The third kappa shape index (κ3) is 3.43. The summed E-state index contributed by atoms with van der Waals surface area (Å²) < 4.78 is 0. The van der Waals surface area contributed by atoms with Crippen LogP contribution < -0.4 is 5.32 Å². The molecule has 0 saturated heterocycles. The second-order valence-corrected chi connectivity index (χ2v) is 3.98. The van der Waals surface area contributed by atoms with Gasteiger partial charge in [0, 0.05) is 22.5 Å². The molecule has 1 atom stereocenters. The van der Waals surface area contributed by atoms with Crippen molar-refractivity contribution in [3.63, 3.8) is 0 Å². The minimum atomic E-state index is 0.155. The number of hydrogen-bond acceptors (Lipinski definition) is 1. The van der Waals surface area contributed by atoms with E-state index in [0.717, 1.165) is 12.0 Å². The van der Waals surface area contributed by atoms with Gasteiger partial charge in [0.1, 0.15) is 0 Å². The van der Waals surface area contributed by atoms with Crippen molar-refractivity contribution in [2.24, 2.45) is 0 Å².